The number of amides is 2. The molecule has 5 rings (SSSR count). The number of fused-ring (bicyclic) bond motifs is 1. The molecule has 2 amide bonds. The number of rotatable bonds is 5. The molecule has 3 aliphatic rings. The van der Waals surface area contributed by atoms with Crippen LogP contribution in [0.25, 0.3) is 11.0 Å². The summed E-state index contributed by atoms with van der Waals surface area (Å²) in [4.78, 5) is 40.6. The van der Waals surface area contributed by atoms with Crippen LogP contribution in [0.4, 0.5) is 4.79 Å². The first-order valence-corrected chi connectivity index (χ1v) is 14.8. The Morgan fingerprint density at radius 2 is 1.77 bits per heavy atom. The molecule has 2 aromatic rings. The summed E-state index contributed by atoms with van der Waals surface area (Å²) in [7, 11) is 1.84. The second-order valence-electron chi connectivity index (χ2n) is 12.8. The molecule has 3 heterocycles. The normalized spacial score (nSPS) is 25.4. The van der Waals surface area contributed by atoms with Crippen LogP contribution in [0.1, 0.15) is 89.7 Å². The number of nitrogens with zero attached hydrogens (tertiary/aromatic N) is 3. The molecule has 0 radical (unpaired) electrons. The van der Waals surface area contributed by atoms with Crippen LogP contribution in [0.5, 0.6) is 0 Å². The van der Waals surface area contributed by atoms with Gasteiger partial charge in [0.2, 0.25) is 5.91 Å². The van der Waals surface area contributed by atoms with Gasteiger partial charge in [0.15, 0.2) is 0 Å². The summed E-state index contributed by atoms with van der Waals surface area (Å²) in [6.07, 6.45) is 7.69. The molecule has 1 aromatic carbocycles. The van der Waals surface area contributed by atoms with Crippen LogP contribution in [0.15, 0.2) is 23.0 Å². The molecule has 1 saturated carbocycles. The number of likely N-dealkylation sites (tertiary alicyclic amines) is 1. The van der Waals surface area contributed by atoms with Crippen molar-refractivity contribution in [1.29, 1.82) is 0 Å². The maximum absolute atomic E-state index is 13.3. The Bertz CT molecular complexity index is 1240. The van der Waals surface area contributed by atoms with Gasteiger partial charge in [-0.2, -0.15) is 0 Å². The van der Waals surface area contributed by atoms with E-state index in [-0.39, 0.29) is 23.7 Å². The molecule has 1 aliphatic carbocycles. The molecule has 0 bridgehead atoms. The highest BCUT2D eigenvalue weighted by atomic mass is 16.6. The standard InChI is InChI=1S/C30H45N5O4/c1-30(2,3)39-28(37)32-22-12-10-20(11-13-22)19-34-17-14-21(15-18-34)23-7-5-8-24-26(23)33(4)29(38)35(24)25-9-6-16-31-27(25)36/h5,7-8,20-22,25H,6,9-19H2,1-4H3,(H,31,36)(H,32,37). The lowest BCUT2D eigenvalue weighted by Gasteiger charge is -2.37. The first kappa shape index (κ1) is 27.7. The van der Waals surface area contributed by atoms with Crippen LogP contribution in [-0.2, 0) is 16.6 Å². The molecule has 0 spiro atoms. The van der Waals surface area contributed by atoms with E-state index in [1.807, 2.05) is 40.0 Å². The molecule has 2 N–H and O–H groups in total. The second kappa shape index (κ2) is 11.4. The summed E-state index contributed by atoms with van der Waals surface area (Å²) >= 11 is 0. The number of para-hydroxylation sites is 1. The van der Waals surface area contributed by atoms with Crippen LogP contribution < -0.4 is 16.3 Å². The zero-order valence-corrected chi connectivity index (χ0v) is 24.0. The number of piperidine rings is 2. The molecule has 3 fully saturated rings. The Balaban J connectivity index is 1.18. The fourth-order valence-electron chi connectivity index (χ4n) is 6.86. The molecule has 2 aliphatic heterocycles. The van der Waals surface area contributed by atoms with Crippen LogP contribution in [0.2, 0.25) is 0 Å². The molecule has 1 atom stereocenters. The van der Waals surface area contributed by atoms with Gasteiger partial charge >= 0.3 is 11.8 Å². The highest BCUT2D eigenvalue weighted by Crippen LogP contribution is 2.35. The molecule has 1 aromatic heterocycles. The third-order valence-electron chi connectivity index (χ3n) is 8.81. The van der Waals surface area contributed by atoms with Crippen molar-refractivity contribution in [1.82, 2.24) is 24.7 Å². The fourth-order valence-corrected chi connectivity index (χ4v) is 6.86. The molecule has 1 unspecified atom stereocenters. The average molecular weight is 540 g/mol. The molecular weight excluding hydrogens is 494 g/mol. The highest BCUT2D eigenvalue weighted by Gasteiger charge is 2.31. The van der Waals surface area contributed by atoms with E-state index in [2.05, 4.69) is 21.6 Å². The topological polar surface area (TPSA) is 97.6 Å². The number of imidazole rings is 1. The number of hydrogen-bond acceptors (Lipinski definition) is 5. The SMILES string of the molecule is Cn1c(=O)n(C2CCCNC2=O)c2cccc(C3CCN(CC4CCC(NC(=O)OC(C)(C)C)CC4)CC3)c21. The third kappa shape index (κ3) is 6.18. The maximum Gasteiger partial charge on any atom is 0.407 e. The zero-order valence-electron chi connectivity index (χ0n) is 24.0. The summed E-state index contributed by atoms with van der Waals surface area (Å²) < 4.78 is 8.89. The predicted molar refractivity (Wildman–Crippen MR) is 152 cm³/mol. The Kier molecular flexibility index (Phi) is 8.08. The van der Waals surface area contributed by atoms with Gasteiger partial charge in [0.1, 0.15) is 11.6 Å². The van der Waals surface area contributed by atoms with Crippen LogP contribution in [-0.4, -0.2) is 63.9 Å². The number of carbonyl (C=O) groups excluding carboxylic acids is 2. The number of benzene rings is 1. The van der Waals surface area contributed by atoms with Crippen LogP contribution in [0, 0.1) is 5.92 Å². The smallest absolute Gasteiger partial charge is 0.407 e. The predicted octanol–water partition coefficient (Wildman–Crippen LogP) is 4.05. The van der Waals surface area contributed by atoms with E-state index in [4.69, 9.17) is 4.74 Å². The highest BCUT2D eigenvalue weighted by molar-refractivity contribution is 5.86. The van der Waals surface area contributed by atoms with Crippen LogP contribution in [0.3, 0.4) is 0 Å². The van der Waals surface area contributed by atoms with Gasteiger partial charge in [0.05, 0.1) is 11.0 Å². The zero-order chi connectivity index (χ0) is 27.7. The van der Waals surface area contributed by atoms with Crippen molar-refractivity contribution in [2.45, 2.75) is 95.7 Å². The Hall–Kier alpha value is -2.81. The minimum atomic E-state index is -0.469. The first-order chi connectivity index (χ1) is 18.6. The number of alkyl carbamates (subject to hydrolysis) is 1. The van der Waals surface area contributed by atoms with Gasteiger partial charge in [-0.25, -0.2) is 9.59 Å². The molecule has 2 saturated heterocycles. The van der Waals surface area contributed by atoms with Gasteiger partial charge in [0, 0.05) is 26.2 Å². The largest absolute Gasteiger partial charge is 0.444 e. The Morgan fingerprint density at radius 3 is 2.44 bits per heavy atom. The van der Waals surface area contributed by atoms with Gasteiger partial charge in [-0.3, -0.25) is 13.9 Å². The van der Waals surface area contributed by atoms with E-state index >= 15 is 0 Å². The molecule has 214 valence electrons. The number of aryl methyl sites for hydroxylation is 1. The van der Waals surface area contributed by atoms with Gasteiger partial charge in [-0.1, -0.05) is 12.1 Å². The van der Waals surface area contributed by atoms with Crippen LogP contribution >= 0.6 is 0 Å². The lowest BCUT2D eigenvalue weighted by atomic mass is 9.84. The number of carbonyl (C=O) groups is 2. The third-order valence-corrected chi connectivity index (χ3v) is 8.81. The van der Waals surface area contributed by atoms with Crippen molar-refractivity contribution in [3.8, 4) is 0 Å². The van der Waals surface area contributed by atoms with Gasteiger partial charge in [-0.05, 0) is 109 Å². The van der Waals surface area contributed by atoms with E-state index in [9.17, 15) is 14.4 Å². The summed E-state index contributed by atoms with van der Waals surface area (Å²) in [5.74, 6) is 1.02. The number of ether oxygens (including phenoxy) is 1. The van der Waals surface area contributed by atoms with E-state index in [1.54, 1.807) is 9.13 Å². The maximum atomic E-state index is 13.3. The lowest BCUT2D eigenvalue weighted by molar-refractivity contribution is -0.125. The van der Waals surface area contributed by atoms with Gasteiger partial charge < -0.3 is 20.3 Å². The van der Waals surface area contributed by atoms with E-state index in [1.165, 1.54) is 5.56 Å². The van der Waals surface area contributed by atoms with Crippen molar-refractivity contribution < 1.29 is 14.3 Å². The van der Waals surface area contributed by atoms with E-state index < -0.39 is 11.6 Å². The average Bonchev–Trinajstić information content (AvgIpc) is 3.15. The monoisotopic (exact) mass is 539 g/mol. The van der Waals surface area contributed by atoms with E-state index in [0.717, 1.165) is 75.6 Å². The van der Waals surface area contributed by atoms with E-state index in [0.29, 0.717) is 24.8 Å². The molecule has 9 nitrogen and oxygen atoms in total. The minimum Gasteiger partial charge on any atom is -0.444 e. The summed E-state index contributed by atoms with van der Waals surface area (Å²) in [5.41, 5.74) is 2.52. The van der Waals surface area contributed by atoms with Gasteiger partial charge in [0.25, 0.3) is 0 Å². The number of nitrogens with one attached hydrogen (secondary N) is 2. The number of hydrogen-bond donors (Lipinski definition) is 2. The first-order valence-electron chi connectivity index (χ1n) is 14.8. The van der Waals surface area contributed by atoms with Crippen molar-refractivity contribution in [2.24, 2.45) is 13.0 Å². The Morgan fingerprint density at radius 1 is 1.05 bits per heavy atom. The van der Waals surface area contributed by atoms with Crippen molar-refractivity contribution in [2.75, 3.05) is 26.2 Å². The lowest BCUT2D eigenvalue weighted by Crippen LogP contribution is -2.43. The quantitative estimate of drug-likeness (QED) is 0.598. The van der Waals surface area contributed by atoms with Crippen molar-refractivity contribution in [3.05, 3.63) is 34.2 Å². The Labute approximate surface area is 231 Å². The molecule has 39 heavy (non-hydrogen) atoms. The molecular formula is C30H45N5O4. The summed E-state index contributed by atoms with van der Waals surface area (Å²) in [6, 6.07) is 5.99. The summed E-state index contributed by atoms with van der Waals surface area (Å²) in [5, 5.41) is 5.98. The summed E-state index contributed by atoms with van der Waals surface area (Å²) in [6.45, 7) is 9.57. The molecule has 9 heteroatoms. The van der Waals surface area contributed by atoms with Gasteiger partial charge in [-0.15, -0.1) is 0 Å². The fraction of sp³-hybridized carbons (Fsp3) is 0.700. The second-order valence-corrected chi connectivity index (χ2v) is 12.8. The van der Waals surface area contributed by atoms with Crippen molar-refractivity contribution >= 4 is 23.0 Å². The number of aromatic nitrogens is 2. The minimum absolute atomic E-state index is 0.0517. The van der Waals surface area contributed by atoms with Crippen molar-refractivity contribution in [3.63, 3.8) is 0 Å².